The zero-order valence-electron chi connectivity index (χ0n) is 11.5. The Morgan fingerprint density at radius 2 is 2.09 bits per heavy atom. The van der Waals surface area contributed by atoms with Crippen LogP contribution in [-0.2, 0) is 0 Å². The first kappa shape index (κ1) is 14.1. The molecule has 1 aromatic carbocycles. The molecule has 114 valence electrons. The summed E-state index contributed by atoms with van der Waals surface area (Å²) in [6.45, 7) is 0. The van der Waals surface area contributed by atoms with Gasteiger partial charge < -0.3 is 0 Å². The first-order chi connectivity index (χ1) is 10.6. The molecular weight excluding hydrogens is 291 g/mol. The molecule has 9 heteroatoms. The number of aromatic nitrogens is 4. The molecule has 0 aliphatic heterocycles. The van der Waals surface area contributed by atoms with Crippen molar-refractivity contribution in [3.63, 3.8) is 0 Å². The SMILES string of the molecule is NN(C(=O)n1nnn(-c2ccccc2F)c1=O)C1=CCCC1. The minimum absolute atomic E-state index is 0.0878. The van der Waals surface area contributed by atoms with E-state index in [0.29, 0.717) is 21.5 Å². The van der Waals surface area contributed by atoms with Gasteiger partial charge in [-0.2, -0.15) is 4.68 Å². The lowest BCUT2D eigenvalue weighted by Crippen LogP contribution is -2.44. The summed E-state index contributed by atoms with van der Waals surface area (Å²) in [6, 6.07) is 4.74. The lowest BCUT2D eigenvalue weighted by molar-refractivity contribution is 0.208. The number of nitrogens with two attached hydrogens (primary N) is 1. The number of nitrogens with zero attached hydrogens (tertiary/aromatic N) is 5. The second-order valence-electron chi connectivity index (χ2n) is 4.78. The van der Waals surface area contributed by atoms with Crippen molar-refractivity contribution in [3.8, 4) is 5.69 Å². The van der Waals surface area contributed by atoms with Gasteiger partial charge in [0.15, 0.2) is 0 Å². The quantitative estimate of drug-likeness (QED) is 0.382. The van der Waals surface area contributed by atoms with Crippen LogP contribution in [-0.4, -0.2) is 30.8 Å². The molecule has 8 nitrogen and oxygen atoms in total. The zero-order valence-corrected chi connectivity index (χ0v) is 11.5. The maximum absolute atomic E-state index is 13.7. The fraction of sp³-hybridized carbons (Fsp3) is 0.231. The molecule has 1 heterocycles. The highest BCUT2D eigenvalue weighted by Crippen LogP contribution is 2.19. The Morgan fingerprint density at radius 1 is 1.32 bits per heavy atom. The fourth-order valence-corrected chi connectivity index (χ4v) is 2.24. The first-order valence-electron chi connectivity index (χ1n) is 6.67. The van der Waals surface area contributed by atoms with Crippen molar-refractivity contribution >= 4 is 6.03 Å². The largest absolute Gasteiger partial charge is 0.377 e. The van der Waals surface area contributed by atoms with Crippen LogP contribution in [0.15, 0.2) is 40.8 Å². The molecule has 2 aromatic rings. The Morgan fingerprint density at radius 3 is 2.77 bits per heavy atom. The van der Waals surface area contributed by atoms with Crippen molar-refractivity contribution in [3.05, 3.63) is 52.3 Å². The minimum atomic E-state index is -0.885. The van der Waals surface area contributed by atoms with Gasteiger partial charge in [-0.25, -0.2) is 24.8 Å². The summed E-state index contributed by atoms with van der Waals surface area (Å²) >= 11 is 0. The molecule has 1 amide bonds. The minimum Gasteiger partial charge on any atom is -0.244 e. The number of hydrogen-bond acceptors (Lipinski definition) is 5. The molecule has 22 heavy (non-hydrogen) atoms. The molecule has 1 aliphatic carbocycles. The number of hydrazine groups is 1. The van der Waals surface area contributed by atoms with Gasteiger partial charge in [-0.05, 0) is 41.8 Å². The normalized spacial score (nSPS) is 14.0. The molecule has 1 aromatic heterocycles. The van der Waals surface area contributed by atoms with Crippen LogP contribution in [0.3, 0.4) is 0 Å². The van der Waals surface area contributed by atoms with Crippen LogP contribution in [0.5, 0.6) is 0 Å². The van der Waals surface area contributed by atoms with Gasteiger partial charge in [0.05, 0.1) is 0 Å². The third-order valence-electron chi connectivity index (χ3n) is 3.38. The summed E-state index contributed by atoms with van der Waals surface area (Å²) in [5.41, 5.74) is -0.350. The lowest BCUT2D eigenvalue weighted by atomic mass is 10.3. The molecule has 1 aliphatic rings. The average Bonchev–Trinajstić information content (AvgIpc) is 3.16. The molecule has 0 atom stereocenters. The number of amides is 1. The standard InChI is InChI=1S/C13H13FN6O2/c14-10-7-3-4-8-11(10)19-13(22)20(17-16-19)12(21)18(15)9-5-1-2-6-9/h3-5,7-8H,1-2,6,15H2. The van der Waals surface area contributed by atoms with Crippen LogP contribution in [0, 0.1) is 5.82 Å². The predicted octanol–water partition coefficient (Wildman–Crippen LogP) is 0.780. The third kappa shape index (κ3) is 2.31. The Kier molecular flexibility index (Phi) is 3.55. The number of tetrazole rings is 1. The van der Waals surface area contributed by atoms with Gasteiger partial charge in [0, 0.05) is 5.70 Å². The summed E-state index contributed by atoms with van der Waals surface area (Å²) in [6.07, 6.45) is 4.20. The number of para-hydroxylation sites is 1. The van der Waals surface area contributed by atoms with Crippen molar-refractivity contribution in [1.29, 1.82) is 0 Å². The smallest absolute Gasteiger partial charge is 0.244 e. The number of benzene rings is 1. The van der Waals surface area contributed by atoms with Crippen molar-refractivity contribution in [2.75, 3.05) is 0 Å². The van der Waals surface area contributed by atoms with E-state index in [-0.39, 0.29) is 5.69 Å². The van der Waals surface area contributed by atoms with E-state index in [9.17, 15) is 14.0 Å². The predicted molar refractivity (Wildman–Crippen MR) is 74.3 cm³/mol. The van der Waals surface area contributed by atoms with Crippen molar-refractivity contribution in [2.45, 2.75) is 19.3 Å². The summed E-state index contributed by atoms with van der Waals surface area (Å²) in [4.78, 5) is 24.4. The number of rotatable bonds is 2. The van der Waals surface area contributed by atoms with E-state index in [1.54, 1.807) is 6.07 Å². The molecule has 0 spiro atoms. The number of carbonyl (C=O) groups is 1. The van der Waals surface area contributed by atoms with Gasteiger partial charge in [-0.3, -0.25) is 0 Å². The van der Waals surface area contributed by atoms with E-state index in [0.717, 1.165) is 17.9 Å². The summed E-state index contributed by atoms with van der Waals surface area (Å²) in [5, 5.41) is 7.88. The van der Waals surface area contributed by atoms with Crippen molar-refractivity contribution in [2.24, 2.45) is 5.84 Å². The number of carbonyl (C=O) groups excluding carboxylic acids is 1. The maximum Gasteiger partial charge on any atom is 0.377 e. The molecule has 0 unspecified atom stereocenters. The van der Waals surface area contributed by atoms with E-state index >= 15 is 0 Å². The van der Waals surface area contributed by atoms with E-state index in [1.807, 2.05) is 6.08 Å². The molecule has 3 rings (SSSR count). The summed E-state index contributed by atoms with van der Waals surface area (Å²) < 4.78 is 14.9. The van der Waals surface area contributed by atoms with Crippen LogP contribution >= 0.6 is 0 Å². The molecule has 0 fully saturated rings. The highest BCUT2D eigenvalue weighted by atomic mass is 19.1. The molecular formula is C13H13FN6O2. The average molecular weight is 304 g/mol. The Balaban J connectivity index is 1.96. The second kappa shape index (κ2) is 5.53. The van der Waals surface area contributed by atoms with Crippen LogP contribution in [0.25, 0.3) is 5.69 Å². The molecule has 0 saturated carbocycles. The van der Waals surface area contributed by atoms with Crippen LogP contribution in [0.2, 0.25) is 0 Å². The van der Waals surface area contributed by atoms with Gasteiger partial charge in [0.2, 0.25) is 0 Å². The summed E-state index contributed by atoms with van der Waals surface area (Å²) in [7, 11) is 0. The monoisotopic (exact) mass is 304 g/mol. The molecule has 2 N–H and O–H groups in total. The Labute approximate surface area is 124 Å². The highest BCUT2D eigenvalue weighted by molar-refractivity contribution is 5.76. The molecule has 0 saturated heterocycles. The van der Waals surface area contributed by atoms with Crippen LogP contribution < -0.4 is 11.5 Å². The summed E-state index contributed by atoms with van der Waals surface area (Å²) in [5.74, 6) is 5.06. The van der Waals surface area contributed by atoms with Gasteiger partial charge in [-0.15, -0.1) is 4.68 Å². The first-order valence-corrected chi connectivity index (χ1v) is 6.67. The van der Waals surface area contributed by atoms with E-state index in [1.165, 1.54) is 18.2 Å². The number of hydrogen-bond donors (Lipinski definition) is 1. The Bertz CT molecular complexity index is 809. The molecule has 0 bridgehead atoms. The number of halogens is 1. The van der Waals surface area contributed by atoms with E-state index in [2.05, 4.69) is 10.4 Å². The lowest BCUT2D eigenvalue weighted by Gasteiger charge is -2.15. The Hall–Kier alpha value is -2.81. The zero-order chi connectivity index (χ0) is 15.7. The fourth-order valence-electron chi connectivity index (χ4n) is 2.24. The van der Waals surface area contributed by atoms with Crippen molar-refractivity contribution in [1.82, 2.24) is 24.8 Å². The highest BCUT2D eigenvalue weighted by Gasteiger charge is 2.23. The van der Waals surface area contributed by atoms with Gasteiger partial charge >= 0.3 is 11.7 Å². The van der Waals surface area contributed by atoms with Crippen LogP contribution in [0.4, 0.5) is 9.18 Å². The van der Waals surface area contributed by atoms with E-state index in [4.69, 9.17) is 5.84 Å². The number of allylic oxidation sites excluding steroid dienone is 2. The second-order valence-corrected chi connectivity index (χ2v) is 4.78. The maximum atomic E-state index is 13.7. The van der Waals surface area contributed by atoms with Crippen LogP contribution in [0.1, 0.15) is 19.3 Å². The molecule has 0 radical (unpaired) electrons. The van der Waals surface area contributed by atoms with E-state index < -0.39 is 17.5 Å². The van der Waals surface area contributed by atoms with Crippen molar-refractivity contribution < 1.29 is 9.18 Å². The van der Waals surface area contributed by atoms with Gasteiger partial charge in [-0.1, -0.05) is 18.2 Å². The van der Waals surface area contributed by atoms with Gasteiger partial charge in [0.1, 0.15) is 11.5 Å². The van der Waals surface area contributed by atoms with Gasteiger partial charge in [0.25, 0.3) is 0 Å². The topological polar surface area (TPSA) is 99.0 Å². The third-order valence-corrected chi connectivity index (χ3v) is 3.38.